The first-order valence-electron chi connectivity index (χ1n) is 10.3. The molecule has 0 unspecified atom stereocenters. The lowest BCUT2D eigenvalue weighted by atomic mass is 10.1. The third-order valence-electron chi connectivity index (χ3n) is 5.57. The second kappa shape index (κ2) is 9.31. The summed E-state index contributed by atoms with van der Waals surface area (Å²) >= 11 is 0. The third kappa shape index (κ3) is 5.09. The molecule has 0 saturated carbocycles. The Kier molecular flexibility index (Phi) is 6.34. The fraction of sp³-hybridized carbons (Fsp3) is 0.391. The van der Waals surface area contributed by atoms with E-state index in [0.717, 1.165) is 56.2 Å². The van der Waals surface area contributed by atoms with Gasteiger partial charge in [-0.05, 0) is 49.2 Å². The number of rotatable bonds is 7. The van der Waals surface area contributed by atoms with Crippen molar-refractivity contribution in [3.05, 3.63) is 77.9 Å². The van der Waals surface area contributed by atoms with Gasteiger partial charge in [-0.15, -0.1) is 0 Å². The number of hydrogen-bond donors (Lipinski definition) is 1. The normalized spacial score (nSPS) is 18.2. The number of aromatic nitrogens is 3. The molecular formula is C23H29N5O. The summed E-state index contributed by atoms with van der Waals surface area (Å²) in [5.41, 5.74) is 4.54. The van der Waals surface area contributed by atoms with Crippen LogP contribution in [0.3, 0.4) is 0 Å². The molecule has 0 aliphatic carbocycles. The van der Waals surface area contributed by atoms with Crippen molar-refractivity contribution < 1.29 is 5.11 Å². The van der Waals surface area contributed by atoms with Crippen LogP contribution in [0, 0.1) is 6.92 Å². The molecule has 0 amide bonds. The summed E-state index contributed by atoms with van der Waals surface area (Å²) in [7, 11) is 0. The lowest BCUT2D eigenvalue weighted by Gasteiger charge is -2.41. The zero-order valence-electron chi connectivity index (χ0n) is 17.0. The van der Waals surface area contributed by atoms with E-state index in [-0.39, 0.29) is 6.61 Å². The monoisotopic (exact) mass is 391 g/mol. The molecule has 6 nitrogen and oxygen atoms in total. The molecule has 4 rings (SSSR count). The van der Waals surface area contributed by atoms with Crippen molar-refractivity contribution in [2.75, 3.05) is 26.2 Å². The topological polar surface area (TPSA) is 57.4 Å². The number of aryl methyl sites for hydroxylation is 1. The van der Waals surface area contributed by atoms with Gasteiger partial charge in [0.05, 0.1) is 11.4 Å². The molecular weight excluding hydrogens is 362 g/mol. The summed E-state index contributed by atoms with van der Waals surface area (Å²) in [4.78, 5) is 9.61. The Bertz CT molecular complexity index is 894. The number of piperazine rings is 1. The van der Waals surface area contributed by atoms with Crippen LogP contribution < -0.4 is 0 Å². The van der Waals surface area contributed by atoms with Crippen LogP contribution in [0.5, 0.6) is 0 Å². The van der Waals surface area contributed by atoms with Crippen LogP contribution in [0.15, 0.2) is 60.9 Å². The Hall–Kier alpha value is -2.54. The molecule has 0 radical (unpaired) electrons. The Morgan fingerprint density at radius 2 is 1.90 bits per heavy atom. The zero-order chi connectivity index (χ0) is 20.1. The summed E-state index contributed by atoms with van der Waals surface area (Å²) < 4.78 is 1.87. The highest BCUT2D eigenvalue weighted by molar-refractivity contribution is 5.33. The molecule has 6 heteroatoms. The fourth-order valence-electron chi connectivity index (χ4n) is 4.06. The second-order valence-electron chi connectivity index (χ2n) is 7.76. The number of hydrogen-bond acceptors (Lipinski definition) is 5. The predicted octanol–water partition coefficient (Wildman–Crippen LogP) is 2.64. The zero-order valence-corrected chi connectivity index (χ0v) is 17.0. The van der Waals surface area contributed by atoms with Crippen LogP contribution in [0.25, 0.3) is 5.69 Å². The maximum absolute atomic E-state index is 9.57. The molecule has 3 aromatic rings. The van der Waals surface area contributed by atoms with Gasteiger partial charge in [-0.25, -0.2) is 4.68 Å². The molecule has 1 fully saturated rings. The summed E-state index contributed by atoms with van der Waals surface area (Å²) in [6, 6.07) is 17.1. The van der Waals surface area contributed by atoms with Gasteiger partial charge in [0.15, 0.2) is 0 Å². The number of aliphatic hydroxyl groups excluding tert-OH is 1. The van der Waals surface area contributed by atoms with Gasteiger partial charge in [0.2, 0.25) is 0 Å². The van der Waals surface area contributed by atoms with E-state index in [1.54, 1.807) is 6.20 Å². The van der Waals surface area contributed by atoms with Gasteiger partial charge in [-0.2, -0.15) is 5.10 Å². The molecule has 0 bridgehead atoms. The van der Waals surface area contributed by atoms with Crippen molar-refractivity contribution in [2.24, 2.45) is 0 Å². The van der Waals surface area contributed by atoms with Crippen LogP contribution in [-0.4, -0.2) is 62.0 Å². The van der Waals surface area contributed by atoms with Gasteiger partial charge in [-0.3, -0.25) is 14.8 Å². The van der Waals surface area contributed by atoms with Crippen LogP contribution in [0.4, 0.5) is 0 Å². The smallest absolute Gasteiger partial charge is 0.0645 e. The Morgan fingerprint density at radius 3 is 2.62 bits per heavy atom. The van der Waals surface area contributed by atoms with Gasteiger partial charge in [-0.1, -0.05) is 18.2 Å². The molecule has 1 aliphatic rings. The number of aliphatic hydroxyl groups is 1. The summed E-state index contributed by atoms with van der Waals surface area (Å²) in [5, 5.41) is 13.9. The van der Waals surface area contributed by atoms with Crippen LogP contribution in [0.1, 0.15) is 23.4 Å². The van der Waals surface area contributed by atoms with E-state index >= 15 is 0 Å². The molecule has 152 valence electrons. The van der Waals surface area contributed by atoms with Crippen molar-refractivity contribution in [3.63, 3.8) is 0 Å². The van der Waals surface area contributed by atoms with Crippen molar-refractivity contribution in [1.82, 2.24) is 24.6 Å². The number of benzene rings is 1. The molecule has 2 aromatic heterocycles. The lowest BCUT2D eigenvalue weighted by molar-refractivity contribution is 0.0491. The maximum atomic E-state index is 9.57. The highest BCUT2D eigenvalue weighted by Gasteiger charge is 2.27. The molecule has 0 spiro atoms. The van der Waals surface area contributed by atoms with Gasteiger partial charge in [0.25, 0.3) is 0 Å². The van der Waals surface area contributed by atoms with E-state index in [1.807, 2.05) is 29.9 Å². The van der Waals surface area contributed by atoms with E-state index in [2.05, 4.69) is 56.3 Å². The van der Waals surface area contributed by atoms with Crippen LogP contribution in [0.2, 0.25) is 0 Å². The third-order valence-corrected chi connectivity index (χ3v) is 5.57. The van der Waals surface area contributed by atoms with Crippen LogP contribution >= 0.6 is 0 Å². The standard InChI is InChI=1S/C23H29N5O/c1-19-4-2-5-21(25-19)17-27-14-13-26(18-23(27)10-15-29)16-20-6-8-22(9-7-20)28-12-3-11-24-28/h2-9,11-12,23,29H,10,13-18H2,1H3/t23-/m1/s1. The van der Waals surface area contributed by atoms with Crippen LogP contribution in [-0.2, 0) is 13.1 Å². The SMILES string of the molecule is Cc1cccc(CN2CCN(Cc3ccc(-n4cccn4)cc3)C[C@H]2CCO)n1. The van der Waals surface area contributed by atoms with Gasteiger partial charge in [0, 0.05) is 63.5 Å². The average molecular weight is 392 g/mol. The van der Waals surface area contributed by atoms with Gasteiger partial charge < -0.3 is 5.11 Å². The summed E-state index contributed by atoms with van der Waals surface area (Å²) in [6.45, 7) is 7.00. The Labute approximate surface area is 172 Å². The first kappa shape index (κ1) is 19.8. The Morgan fingerprint density at radius 1 is 1.03 bits per heavy atom. The first-order chi connectivity index (χ1) is 14.2. The van der Waals surface area contributed by atoms with E-state index in [9.17, 15) is 5.11 Å². The molecule has 1 aromatic carbocycles. The van der Waals surface area contributed by atoms with Gasteiger partial charge >= 0.3 is 0 Å². The summed E-state index contributed by atoms with van der Waals surface area (Å²) in [5.74, 6) is 0. The minimum atomic E-state index is 0.217. The first-order valence-corrected chi connectivity index (χ1v) is 10.3. The molecule has 1 aliphatic heterocycles. The number of pyridine rings is 1. The van der Waals surface area contributed by atoms with E-state index in [0.29, 0.717) is 6.04 Å². The minimum Gasteiger partial charge on any atom is -0.396 e. The molecule has 29 heavy (non-hydrogen) atoms. The Balaban J connectivity index is 1.37. The van der Waals surface area contributed by atoms with E-state index in [4.69, 9.17) is 0 Å². The largest absolute Gasteiger partial charge is 0.396 e. The molecule has 3 heterocycles. The van der Waals surface area contributed by atoms with Gasteiger partial charge in [0.1, 0.15) is 0 Å². The van der Waals surface area contributed by atoms with Crippen molar-refractivity contribution in [1.29, 1.82) is 0 Å². The van der Waals surface area contributed by atoms with Crippen molar-refractivity contribution in [2.45, 2.75) is 32.5 Å². The fourth-order valence-corrected chi connectivity index (χ4v) is 4.06. The second-order valence-corrected chi connectivity index (χ2v) is 7.76. The van der Waals surface area contributed by atoms with E-state index in [1.165, 1.54) is 5.56 Å². The minimum absolute atomic E-state index is 0.217. The predicted molar refractivity (Wildman–Crippen MR) is 114 cm³/mol. The maximum Gasteiger partial charge on any atom is 0.0645 e. The highest BCUT2D eigenvalue weighted by Crippen LogP contribution is 2.19. The lowest BCUT2D eigenvalue weighted by Crippen LogP contribution is -2.52. The molecule has 1 saturated heterocycles. The molecule has 1 N–H and O–H groups in total. The van der Waals surface area contributed by atoms with Crippen molar-refractivity contribution >= 4 is 0 Å². The number of nitrogens with zero attached hydrogens (tertiary/aromatic N) is 5. The summed E-state index contributed by atoms with van der Waals surface area (Å²) in [6.07, 6.45) is 4.54. The molecule has 1 atom stereocenters. The quantitative estimate of drug-likeness (QED) is 0.671. The highest BCUT2D eigenvalue weighted by atomic mass is 16.3. The van der Waals surface area contributed by atoms with E-state index < -0.39 is 0 Å². The average Bonchev–Trinajstić information content (AvgIpc) is 3.26. The van der Waals surface area contributed by atoms with Crippen molar-refractivity contribution in [3.8, 4) is 5.69 Å².